The van der Waals surface area contributed by atoms with Crippen molar-refractivity contribution in [1.82, 2.24) is 4.90 Å². The maximum absolute atomic E-state index is 13.8. The number of benzene rings is 1. The molecule has 1 spiro atoms. The van der Waals surface area contributed by atoms with Gasteiger partial charge in [-0.15, -0.1) is 17.8 Å². The number of hydrogen-bond donors (Lipinski definition) is 1. The van der Waals surface area contributed by atoms with Crippen LogP contribution in [0.4, 0.5) is 13.2 Å². The molecule has 1 N–H and O–H groups in total. The monoisotopic (exact) mass is 495 g/mol. The number of hydrogen-bond acceptors (Lipinski definition) is 6. The minimum absolute atomic E-state index is 0.0159. The molecule has 2 unspecified atom stereocenters. The average Bonchev–Trinajstić information content (AvgIpc) is 3.23. The maximum Gasteiger partial charge on any atom is 0.425 e. The first-order valence-electron chi connectivity index (χ1n) is 11.1. The molecule has 0 amide bonds. The molecule has 3 atom stereocenters. The van der Waals surface area contributed by atoms with E-state index >= 15 is 0 Å². The van der Waals surface area contributed by atoms with E-state index in [0.29, 0.717) is 72.2 Å². The third-order valence-electron chi connectivity index (χ3n) is 6.69. The van der Waals surface area contributed by atoms with Crippen LogP contribution in [0.3, 0.4) is 0 Å². The lowest BCUT2D eigenvalue weighted by Gasteiger charge is -2.46. The van der Waals surface area contributed by atoms with Crippen molar-refractivity contribution in [2.45, 2.75) is 56.7 Å². The number of ether oxygens (including phenoxy) is 3. The summed E-state index contributed by atoms with van der Waals surface area (Å²) in [5.74, 6) is 4.19. The van der Waals surface area contributed by atoms with Gasteiger partial charge in [0, 0.05) is 41.6 Å². The SMILES string of the molecule is C#CC1C[C@]2(CCN1Cc1ccc(OC)cc1OC)OCCc1c2sc(C(F)(F)F)c1C(C)O. The van der Waals surface area contributed by atoms with Crippen molar-refractivity contribution in [3.63, 3.8) is 0 Å². The fourth-order valence-corrected chi connectivity index (χ4v) is 6.57. The topological polar surface area (TPSA) is 51.2 Å². The fraction of sp³-hybridized carbons (Fsp3) is 0.520. The van der Waals surface area contributed by atoms with Gasteiger partial charge in [-0.1, -0.05) is 12.0 Å². The van der Waals surface area contributed by atoms with Crippen LogP contribution in [-0.4, -0.2) is 43.4 Å². The summed E-state index contributed by atoms with van der Waals surface area (Å²) in [6.45, 7) is 2.76. The maximum atomic E-state index is 13.8. The molecular formula is C25H28F3NO4S. The second kappa shape index (κ2) is 9.42. The van der Waals surface area contributed by atoms with Gasteiger partial charge < -0.3 is 19.3 Å². The molecule has 2 aromatic rings. The smallest absolute Gasteiger partial charge is 0.425 e. The number of rotatable bonds is 5. The number of methoxy groups -OCH3 is 2. The second-order valence-corrected chi connectivity index (χ2v) is 9.72. The van der Waals surface area contributed by atoms with Gasteiger partial charge in [0.25, 0.3) is 0 Å². The highest BCUT2D eigenvalue weighted by Gasteiger charge is 2.49. The molecule has 0 radical (unpaired) electrons. The Bertz CT molecular complexity index is 1090. The van der Waals surface area contributed by atoms with E-state index in [1.807, 2.05) is 18.2 Å². The van der Waals surface area contributed by atoms with Crippen LogP contribution in [0, 0.1) is 12.3 Å². The Morgan fingerprint density at radius 3 is 2.74 bits per heavy atom. The lowest BCUT2D eigenvalue weighted by Crippen LogP contribution is -2.50. The third kappa shape index (κ3) is 4.40. The van der Waals surface area contributed by atoms with Gasteiger partial charge in [0.1, 0.15) is 22.0 Å². The van der Waals surface area contributed by atoms with E-state index in [1.165, 1.54) is 6.92 Å². The summed E-state index contributed by atoms with van der Waals surface area (Å²) in [6.07, 6.45) is 1.40. The van der Waals surface area contributed by atoms with Crippen LogP contribution in [0.5, 0.6) is 11.5 Å². The van der Waals surface area contributed by atoms with Crippen LogP contribution in [0.2, 0.25) is 0 Å². The number of piperidine rings is 1. The van der Waals surface area contributed by atoms with Gasteiger partial charge in [-0.05, 0) is 31.4 Å². The predicted molar refractivity (Wildman–Crippen MR) is 123 cm³/mol. The van der Waals surface area contributed by atoms with Crippen molar-refractivity contribution >= 4 is 11.3 Å². The quantitative estimate of drug-likeness (QED) is 0.598. The standard InChI is InChI=1S/C25H28F3NO4S/c1-5-17-13-24(9-10-29(17)14-16-6-7-18(31-3)12-20(16)32-4)22-19(8-11-33-24)21(15(2)30)23(34-22)25(26,27)28/h1,6-7,12,15,17,30H,8-11,13-14H2,2-4H3/t15?,17?,24-/m0/s1. The number of aliphatic hydroxyl groups excluding tert-OH is 1. The molecule has 9 heteroatoms. The van der Waals surface area contributed by atoms with Crippen LogP contribution in [0.15, 0.2) is 18.2 Å². The van der Waals surface area contributed by atoms with E-state index in [1.54, 1.807) is 14.2 Å². The van der Waals surface area contributed by atoms with Crippen LogP contribution in [0.1, 0.15) is 52.3 Å². The second-order valence-electron chi connectivity index (χ2n) is 8.70. The predicted octanol–water partition coefficient (Wildman–Crippen LogP) is 4.90. The molecule has 0 bridgehead atoms. The van der Waals surface area contributed by atoms with Gasteiger partial charge >= 0.3 is 6.18 Å². The van der Waals surface area contributed by atoms with E-state index in [-0.39, 0.29) is 11.6 Å². The van der Waals surface area contributed by atoms with Gasteiger partial charge in [-0.3, -0.25) is 4.90 Å². The molecule has 3 heterocycles. The summed E-state index contributed by atoms with van der Waals surface area (Å²) in [7, 11) is 3.18. The number of terminal acetylenes is 1. The number of thiophene rings is 1. The van der Waals surface area contributed by atoms with Crippen molar-refractivity contribution < 1.29 is 32.5 Å². The van der Waals surface area contributed by atoms with Crippen LogP contribution < -0.4 is 9.47 Å². The Balaban J connectivity index is 1.65. The zero-order valence-corrected chi connectivity index (χ0v) is 20.2. The number of likely N-dealkylation sites (tertiary alicyclic amines) is 1. The molecule has 1 saturated heterocycles. The number of alkyl halides is 3. The Morgan fingerprint density at radius 2 is 2.12 bits per heavy atom. The summed E-state index contributed by atoms with van der Waals surface area (Å²) < 4.78 is 58.4. The van der Waals surface area contributed by atoms with Gasteiger partial charge in [0.05, 0.1) is 33.0 Å². The van der Waals surface area contributed by atoms with E-state index in [9.17, 15) is 18.3 Å². The minimum atomic E-state index is -4.54. The van der Waals surface area contributed by atoms with Crippen molar-refractivity contribution in [2.24, 2.45) is 0 Å². The van der Waals surface area contributed by atoms with E-state index < -0.39 is 22.8 Å². The first kappa shape index (κ1) is 24.9. The third-order valence-corrected chi connectivity index (χ3v) is 8.17. The highest BCUT2D eigenvalue weighted by atomic mass is 32.1. The van der Waals surface area contributed by atoms with Crippen LogP contribution >= 0.6 is 11.3 Å². The Kier molecular flexibility index (Phi) is 6.89. The fourth-order valence-electron chi connectivity index (χ4n) is 5.08. The molecule has 2 aliphatic rings. The van der Waals surface area contributed by atoms with Crippen molar-refractivity contribution in [3.05, 3.63) is 44.6 Å². The molecule has 34 heavy (non-hydrogen) atoms. The molecule has 184 valence electrons. The Hall–Kier alpha value is -2.25. The normalized spacial score (nSPS) is 23.9. The first-order valence-corrected chi connectivity index (χ1v) is 11.9. The molecular weight excluding hydrogens is 467 g/mol. The first-order chi connectivity index (χ1) is 16.1. The van der Waals surface area contributed by atoms with Crippen molar-refractivity contribution in [3.8, 4) is 23.8 Å². The van der Waals surface area contributed by atoms with E-state index in [4.69, 9.17) is 20.6 Å². The molecule has 1 aromatic carbocycles. The lowest BCUT2D eigenvalue weighted by atomic mass is 9.80. The molecule has 1 fully saturated rings. The Morgan fingerprint density at radius 1 is 1.35 bits per heavy atom. The summed E-state index contributed by atoms with van der Waals surface area (Å²) in [4.78, 5) is 1.95. The largest absolute Gasteiger partial charge is 0.497 e. The molecule has 0 saturated carbocycles. The number of nitrogens with zero attached hydrogens (tertiary/aromatic N) is 1. The zero-order valence-electron chi connectivity index (χ0n) is 19.4. The highest BCUT2D eigenvalue weighted by Crippen LogP contribution is 2.53. The Labute approximate surface area is 201 Å². The summed E-state index contributed by atoms with van der Waals surface area (Å²) in [5, 5.41) is 10.2. The number of halogens is 3. The van der Waals surface area contributed by atoms with Crippen LogP contribution in [0.25, 0.3) is 0 Å². The molecule has 4 rings (SSSR count). The number of aliphatic hydroxyl groups is 1. The number of fused-ring (bicyclic) bond motifs is 2. The van der Waals surface area contributed by atoms with Gasteiger partial charge in [0.15, 0.2) is 0 Å². The van der Waals surface area contributed by atoms with E-state index in [2.05, 4.69) is 10.8 Å². The highest BCUT2D eigenvalue weighted by molar-refractivity contribution is 7.12. The summed E-state index contributed by atoms with van der Waals surface area (Å²) in [6, 6.07) is 5.25. The van der Waals surface area contributed by atoms with Crippen molar-refractivity contribution in [2.75, 3.05) is 27.4 Å². The summed E-state index contributed by atoms with van der Waals surface area (Å²) >= 11 is 0.699. The minimum Gasteiger partial charge on any atom is -0.497 e. The molecule has 0 aliphatic carbocycles. The average molecular weight is 496 g/mol. The van der Waals surface area contributed by atoms with E-state index in [0.717, 1.165) is 5.56 Å². The van der Waals surface area contributed by atoms with Crippen LogP contribution in [-0.2, 0) is 29.5 Å². The molecule has 1 aromatic heterocycles. The van der Waals surface area contributed by atoms with Crippen molar-refractivity contribution in [1.29, 1.82) is 0 Å². The summed E-state index contributed by atoms with van der Waals surface area (Å²) in [5.41, 5.74) is 0.609. The molecule has 2 aliphatic heterocycles. The zero-order chi connectivity index (χ0) is 24.7. The molecule has 5 nitrogen and oxygen atoms in total. The van der Waals surface area contributed by atoms with Gasteiger partial charge in [-0.2, -0.15) is 13.2 Å². The lowest BCUT2D eigenvalue weighted by molar-refractivity contribution is -0.135. The van der Waals surface area contributed by atoms with Gasteiger partial charge in [-0.25, -0.2) is 0 Å². The van der Waals surface area contributed by atoms with Gasteiger partial charge in [0.2, 0.25) is 0 Å².